The molecule has 0 unspecified atom stereocenters. The third-order valence-electron chi connectivity index (χ3n) is 5.63. The second kappa shape index (κ2) is 12.1. The maximum atomic E-state index is 12.3. The van der Waals surface area contributed by atoms with Crippen molar-refractivity contribution >= 4 is 38.9 Å². The molecule has 0 saturated heterocycles. The molecule has 0 bridgehead atoms. The van der Waals surface area contributed by atoms with E-state index < -0.39 is 41.3 Å². The van der Waals surface area contributed by atoms with Crippen molar-refractivity contribution in [3.63, 3.8) is 0 Å². The first-order chi connectivity index (χ1) is 19.1. The fourth-order valence-corrected chi connectivity index (χ4v) is 4.27. The number of carbonyl (C=O) groups is 1. The predicted octanol–water partition coefficient (Wildman–Crippen LogP) is -0.0513. The minimum atomic E-state index is -4.64. The lowest BCUT2D eigenvalue weighted by Gasteiger charge is -2.26. The summed E-state index contributed by atoms with van der Waals surface area (Å²) < 4.78 is 37.4. The molecule has 3 atom stereocenters. The van der Waals surface area contributed by atoms with E-state index in [9.17, 15) is 23.4 Å². The average molecular weight is 568 g/mol. The molecule has 0 aliphatic carbocycles. The SMILES string of the molecule is CO[C@H](COS(=O)(=O)NC(=O)c1ccccc1N)[C@@H](O)[C@@H](O)n1cnc2c(N)nc(C#Cc3ccccc3)nc21. The topological polar surface area (TPSA) is 218 Å². The molecule has 0 radical (unpaired) electrons. The highest BCUT2D eigenvalue weighted by molar-refractivity contribution is 7.85. The van der Waals surface area contributed by atoms with Gasteiger partial charge in [-0.15, -0.1) is 0 Å². The minimum Gasteiger partial charge on any atom is -0.398 e. The summed E-state index contributed by atoms with van der Waals surface area (Å²) in [6.45, 7) is -0.765. The molecule has 2 aromatic heterocycles. The van der Waals surface area contributed by atoms with Gasteiger partial charge in [0.2, 0.25) is 5.82 Å². The molecule has 40 heavy (non-hydrogen) atoms. The van der Waals surface area contributed by atoms with Crippen LogP contribution in [-0.2, 0) is 19.2 Å². The van der Waals surface area contributed by atoms with Crippen LogP contribution in [0.3, 0.4) is 0 Å². The highest BCUT2D eigenvalue weighted by Crippen LogP contribution is 2.22. The fraction of sp³-hybridized carbons (Fsp3) is 0.200. The van der Waals surface area contributed by atoms with Crippen LogP contribution in [0, 0.1) is 11.8 Å². The number of amides is 1. The van der Waals surface area contributed by atoms with E-state index in [0.29, 0.717) is 0 Å². The standard InChI is InChI=1S/C25H25N7O7S/c1-38-18(13-39-40(36,37)31-24(34)16-9-5-6-10-17(16)26)21(33)25(35)32-14-28-20-22(27)29-19(30-23(20)32)12-11-15-7-3-2-4-8-15/h2-10,14,18,21,25,33,35H,13,26H2,1H3,(H,31,34)(H2,27,29,30)/t18-,21-,25-/m1/s1. The molecular weight excluding hydrogens is 542 g/mol. The van der Waals surface area contributed by atoms with E-state index in [1.165, 1.54) is 31.6 Å². The van der Waals surface area contributed by atoms with E-state index in [0.717, 1.165) is 10.1 Å². The number of nitrogens with one attached hydrogen (secondary N) is 1. The van der Waals surface area contributed by atoms with Crippen molar-refractivity contribution in [2.75, 3.05) is 25.2 Å². The molecule has 14 nitrogen and oxygen atoms in total. The van der Waals surface area contributed by atoms with E-state index in [2.05, 4.69) is 26.8 Å². The number of carbonyl (C=O) groups excluding carboxylic acids is 1. The number of nitrogen functional groups attached to an aromatic ring is 2. The molecule has 4 rings (SSSR count). The van der Waals surface area contributed by atoms with Crippen molar-refractivity contribution in [1.82, 2.24) is 24.2 Å². The summed E-state index contributed by atoms with van der Waals surface area (Å²) in [5, 5.41) is 21.7. The molecule has 0 saturated carbocycles. The predicted molar refractivity (Wildman–Crippen MR) is 143 cm³/mol. The molecule has 7 N–H and O–H groups in total. The normalized spacial score (nSPS) is 13.7. The van der Waals surface area contributed by atoms with Crippen molar-refractivity contribution in [3.8, 4) is 11.8 Å². The summed E-state index contributed by atoms with van der Waals surface area (Å²) in [5.41, 5.74) is 12.6. The number of anilines is 2. The molecule has 1 amide bonds. The van der Waals surface area contributed by atoms with Crippen LogP contribution < -0.4 is 16.2 Å². The average Bonchev–Trinajstić information content (AvgIpc) is 3.36. The lowest BCUT2D eigenvalue weighted by molar-refractivity contribution is -0.112. The first kappa shape index (κ1) is 28.4. The minimum absolute atomic E-state index is 0.00434. The zero-order chi connectivity index (χ0) is 28.9. The largest absolute Gasteiger partial charge is 0.398 e. The number of aliphatic hydroxyl groups is 2. The zero-order valence-electron chi connectivity index (χ0n) is 21.0. The molecule has 2 heterocycles. The monoisotopic (exact) mass is 567 g/mol. The van der Waals surface area contributed by atoms with E-state index in [1.807, 2.05) is 18.2 Å². The molecule has 0 aliphatic rings. The second-order valence-corrected chi connectivity index (χ2v) is 9.66. The van der Waals surface area contributed by atoms with E-state index >= 15 is 0 Å². The number of hydrogen-bond donors (Lipinski definition) is 5. The van der Waals surface area contributed by atoms with Gasteiger partial charge in [0, 0.05) is 18.4 Å². The number of hydrogen-bond acceptors (Lipinski definition) is 12. The van der Waals surface area contributed by atoms with Gasteiger partial charge in [-0.3, -0.25) is 13.5 Å². The Hall–Kier alpha value is -4.59. The number of rotatable bonds is 9. The lowest BCUT2D eigenvalue weighted by atomic mass is 10.2. The molecular formula is C25H25N7O7S. The van der Waals surface area contributed by atoms with Crippen molar-refractivity contribution < 1.29 is 32.3 Å². The smallest absolute Gasteiger partial charge is 0.362 e. The summed E-state index contributed by atoms with van der Waals surface area (Å²) >= 11 is 0. The Morgan fingerprint density at radius 3 is 2.48 bits per heavy atom. The van der Waals surface area contributed by atoms with E-state index in [-0.39, 0.29) is 34.1 Å². The number of nitrogens with two attached hydrogens (primary N) is 2. The van der Waals surface area contributed by atoms with Crippen LogP contribution >= 0.6 is 0 Å². The number of imidazole rings is 1. The highest BCUT2D eigenvalue weighted by Gasteiger charge is 2.31. The van der Waals surface area contributed by atoms with Gasteiger partial charge in [-0.05, 0) is 30.2 Å². The van der Waals surface area contributed by atoms with Gasteiger partial charge in [0.15, 0.2) is 17.7 Å². The molecule has 0 spiro atoms. The molecule has 15 heteroatoms. The Labute approximate surface area is 228 Å². The summed E-state index contributed by atoms with van der Waals surface area (Å²) in [6, 6.07) is 14.9. The first-order valence-electron chi connectivity index (χ1n) is 11.6. The van der Waals surface area contributed by atoms with Gasteiger partial charge in [-0.1, -0.05) is 36.3 Å². The van der Waals surface area contributed by atoms with Crippen LogP contribution in [0.25, 0.3) is 11.2 Å². The zero-order valence-corrected chi connectivity index (χ0v) is 21.8. The van der Waals surface area contributed by atoms with Gasteiger partial charge < -0.3 is 26.4 Å². The Kier molecular flexibility index (Phi) is 8.58. The first-order valence-corrected chi connectivity index (χ1v) is 13.0. The van der Waals surface area contributed by atoms with Gasteiger partial charge in [0.1, 0.15) is 17.7 Å². The number of aromatic nitrogens is 4. The number of para-hydroxylation sites is 1. The highest BCUT2D eigenvalue weighted by atomic mass is 32.2. The maximum Gasteiger partial charge on any atom is 0.362 e. The van der Waals surface area contributed by atoms with E-state index in [4.69, 9.17) is 20.4 Å². The van der Waals surface area contributed by atoms with Crippen LogP contribution in [0.5, 0.6) is 0 Å². The van der Waals surface area contributed by atoms with Crippen LogP contribution in [-0.4, -0.2) is 70.0 Å². The lowest BCUT2D eigenvalue weighted by Crippen LogP contribution is -2.41. The third kappa shape index (κ3) is 6.51. The van der Waals surface area contributed by atoms with Crippen molar-refractivity contribution in [3.05, 3.63) is 77.9 Å². The van der Waals surface area contributed by atoms with Crippen LogP contribution in [0.4, 0.5) is 11.5 Å². The second-order valence-electron chi connectivity index (χ2n) is 8.31. The van der Waals surface area contributed by atoms with E-state index in [1.54, 1.807) is 22.9 Å². The third-order valence-corrected chi connectivity index (χ3v) is 6.51. The van der Waals surface area contributed by atoms with Gasteiger partial charge in [0.25, 0.3) is 5.91 Å². The number of fused-ring (bicyclic) bond motifs is 1. The Morgan fingerprint density at radius 2 is 1.77 bits per heavy atom. The van der Waals surface area contributed by atoms with Gasteiger partial charge in [-0.25, -0.2) is 19.7 Å². The summed E-state index contributed by atoms with van der Waals surface area (Å²) in [5.74, 6) is 4.72. The molecule has 0 aliphatic heterocycles. The van der Waals surface area contributed by atoms with Crippen molar-refractivity contribution in [2.45, 2.75) is 18.4 Å². The maximum absolute atomic E-state index is 12.3. The summed E-state index contributed by atoms with van der Waals surface area (Å²) in [7, 11) is -3.47. The molecule has 4 aromatic rings. The molecule has 208 valence electrons. The number of aliphatic hydroxyl groups excluding tert-OH is 2. The Morgan fingerprint density at radius 1 is 1.07 bits per heavy atom. The van der Waals surface area contributed by atoms with Crippen LogP contribution in [0.15, 0.2) is 60.9 Å². The number of ether oxygens (including phenoxy) is 1. The van der Waals surface area contributed by atoms with Gasteiger partial charge >= 0.3 is 10.3 Å². The van der Waals surface area contributed by atoms with Crippen LogP contribution in [0.1, 0.15) is 28.0 Å². The van der Waals surface area contributed by atoms with Crippen molar-refractivity contribution in [2.24, 2.45) is 0 Å². The summed E-state index contributed by atoms with van der Waals surface area (Å²) in [6.07, 6.45) is -3.68. The molecule has 0 fully saturated rings. The van der Waals surface area contributed by atoms with Gasteiger partial charge in [-0.2, -0.15) is 8.42 Å². The Bertz CT molecular complexity index is 1680. The Balaban J connectivity index is 1.49. The fourth-order valence-electron chi connectivity index (χ4n) is 3.56. The number of methoxy groups -OCH3 is 1. The molecule has 2 aromatic carbocycles. The van der Waals surface area contributed by atoms with Crippen molar-refractivity contribution in [1.29, 1.82) is 0 Å². The number of benzene rings is 2. The number of nitrogens with zero attached hydrogens (tertiary/aromatic N) is 4. The quantitative estimate of drug-likeness (QED) is 0.133. The van der Waals surface area contributed by atoms with Crippen LogP contribution in [0.2, 0.25) is 0 Å². The van der Waals surface area contributed by atoms with Gasteiger partial charge in [0.05, 0.1) is 18.5 Å². The summed E-state index contributed by atoms with van der Waals surface area (Å²) in [4.78, 5) is 24.8.